The molecule has 0 N–H and O–H groups in total. The second-order valence-electron chi connectivity index (χ2n) is 4.27. The van der Waals surface area contributed by atoms with Crippen LogP contribution < -0.4 is 4.74 Å². The van der Waals surface area contributed by atoms with Gasteiger partial charge in [0.2, 0.25) is 0 Å². The van der Waals surface area contributed by atoms with Crippen molar-refractivity contribution in [3.8, 4) is 5.75 Å². The minimum Gasteiger partial charge on any atom is -0.495 e. The van der Waals surface area contributed by atoms with Crippen molar-refractivity contribution in [2.75, 3.05) is 7.11 Å². The number of methoxy groups -OCH3 is 1. The van der Waals surface area contributed by atoms with Crippen LogP contribution in [0, 0.1) is 5.92 Å². The summed E-state index contributed by atoms with van der Waals surface area (Å²) >= 11 is 12.2. The highest BCUT2D eigenvalue weighted by Gasteiger charge is 2.10. The number of rotatable bonds is 5. The van der Waals surface area contributed by atoms with E-state index in [0.29, 0.717) is 10.9 Å². The van der Waals surface area contributed by atoms with Crippen molar-refractivity contribution in [3.63, 3.8) is 0 Å². The number of benzene rings is 1. The van der Waals surface area contributed by atoms with Gasteiger partial charge >= 0.3 is 0 Å². The molecule has 3 heteroatoms. The van der Waals surface area contributed by atoms with Crippen LogP contribution in [0.3, 0.4) is 0 Å². The normalized spacial score (nSPS) is 12.9. The van der Waals surface area contributed by atoms with Crippen LogP contribution >= 0.6 is 23.2 Å². The summed E-state index contributed by atoms with van der Waals surface area (Å²) in [7, 11) is 1.63. The molecule has 1 rings (SSSR count). The Kier molecular flexibility index (Phi) is 5.43. The average Bonchev–Trinajstić information content (AvgIpc) is 2.27. The van der Waals surface area contributed by atoms with Gasteiger partial charge in [-0.05, 0) is 36.5 Å². The molecule has 0 bridgehead atoms. The van der Waals surface area contributed by atoms with Crippen molar-refractivity contribution in [2.24, 2.45) is 5.92 Å². The van der Waals surface area contributed by atoms with Crippen LogP contribution in [0.2, 0.25) is 5.02 Å². The summed E-state index contributed by atoms with van der Waals surface area (Å²) < 4.78 is 5.17. The SMILES string of the molecule is COc1cc(CCC(Cl)C(C)C)ccc1Cl. The van der Waals surface area contributed by atoms with Gasteiger partial charge in [-0.1, -0.05) is 31.5 Å². The minimum atomic E-state index is 0.224. The van der Waals surface area contributed by atoms with Crippen molar-refractivity contribution in [2.45, 2.75) is 32.1 Å². The van der Waals surface area contributed by atoms with Gasteiger partial charge in [0.15, 0.2) is 0 Å². The van der Waals surface area contributed by atoms with Crippen molar-refractivity contribution in [1.82, 2.24) is 0 Å². The summed E-state index contributed by atoms with van der Waals surface area (Å²) in [6.07, 6.45) is 1.93. The number of alkyl halides is 1. The van der Waals surface area contributed by atoms with Gasteiger partial charge in [0.05, 0.1) is 12.1 Å². The van der Waals surface area contributed by atoms with Gasteiger partial charge in [0.25, 0.3) is 0 Å². The van der Waals surface area contributed by atoms with Crippen LogP contribution in [-0.2, 0) is 6.42 Å². The molecule has 0 amide bonds. The Morgan fingerprint density at radius 1 is 1.31 bits per heavy atom. The molecule has 0 aliphatic heterocycles. The lowest BCUT2D eigenvalue weighted by Gasteiger charge is -2.13. The fraction of sp³-hybridized carbons (Fsp3) is 0.538. The van der Waals surface area contributed by atoms with E-state index >= 15 is 0 Å². The number of hydrogen-bond donors (Lipinski definition) is 0. The maximum absolute atomic E-state index is 6.21. The first-order valence-electron chi connectivity index (χ1n) is 5.51. The van der Waals surface area contributed by atoms with E-state index in [4.69, 9.17) is 27.9 Å². The first-order chi connectivity index (χ1) is 7.54. The van der Waals surface area contributed by atoms with Gasteiger partial charge in [-0.15, -0.1) is 11.6 Å². The molecule has 1 nitrogen and oxygen atoms in total. The maximum Gasteiger partial charge on any atom is 0.137 e. The number of halogens is 2. The second kappa shape index (κ2) is 6.36. The third-order valence-corrected chi connectivity index (χ3v) is 3.68. The van der Waals surface area contributed by atoms with Crippen LogP contribution in [0.5, 0.6) is 5.75 Å². The minimum absolute atomic E-state index is 0.224. The van der Waals surface area contributed by atoms with Crippen molar-refractivity contribution in [3.05, 3.63) is 28.8 Å². The lowest BCUT2D eigenvalue weighted by atomic mass is 10.0. The topological polar surface area (TPSA) is 9.23 Å². The molecule has 16 heavy (non-hydrogen) atoms. The third-order valence-electron chi connectivity index (χ3n) is 2.65. The number of hydrogen-bond acceptors (Lipinski definition) is 1. The van der Waals surface area contributed by atoms with E-state index in [9.17, 15) is 0 Å². The molecule has 1 aromatic rings. The Morgan fingerprint density at radius 3 is 2.56 bits per heavy atom. The van der Waals surface area contributed by atoms with Crippen molar-refractivity contribution < 1.29 is 4.74 Å². The van der Waals surface area contributed by atoms with Gasteiger partial charge in [0, 0.05) is 5.38 Å². The van der Waals surface area contributed by atoms with Crippen LogP contribution in [0.1, 0.15) is 25.8 Å². The standard InChI is InChI=1S/C13H18Cl2O/c1-9(2)11(14)6-4-10-5-7-12(15)13(8-10)16-3/h5,7-9,11H,4,6H2,1-3H3. The van der Waals surface area contributed by atoms with Crippen LogP contribution in [0.4, 0.5) is 0 Å². The summed E-state index contributed by atoms with van der Waals surface area (Å²) in [6.45, 7) is 4.28. The van der Waals surface area contributed by atoms with E-state index in [1.54, 1.807) is 7.11 Å². The summed E-state index contributed by atoms with van der Waals surface area (Å²) in [5.41, 5.74) is 1.22. The molecular formula is C13H18Cl2O. The predicted molar refractivity (Wildman–Crippen MR) is 70.8 cm³/mol. The molecule has 0 aliphatic rings. The van der Waals surface area contributed by atoms with Crippen molar-refractivity contribution in [1.29, 1.82) is 0 Å². The lowest BCUT2D eigenvalue weighted by molar-refractivity contribution is 0.414. The molecule has 1 atom stereocenters. The highest BCUT2D eigenvalue weighted by atomic mass is 35.5. The Balaban J connectivity index is 2.61. The molecular weight excluding hydrogens is 243 g/mol. The second-order valence-corrected chi connectivity index (χ2v) is 5.24. The van der Waals surface area contributed by atoms with Crippen LogP contribution in [0.25, 0.3) is 0 Å². The van der Waals surface area contributed by atoms with E-state index in [1.807, 2.05) is 18.2 Å². The predicted octanol–water partition coefficient (Wildman–Crippen LogP) is 4.54. The van der Waals surface area contributed by atoms with Gasteiger partial charge in [0.1, 0.15) is 5.75 Å². The zero-order valence-electron chi connectivity index (χ0n) is 9.97. The molecule has 0 saturated carbocycles. The van der Waals surface area contributed by atoms with Gasteiger partial charge in [-0.25, -0.2) is 0 Å². The Morgan fingerprint density at radius 2 is 2.00 bits per heavy atom. The molecule has 90 valence electrons. The fourth-order valence-electron chi connectivity index (χ4n) is 1.50. The van der Waals surface area contributed by atoms with Gasteiger partial charge in [-0.3, -0.25) is 0 Å². The van der Waals surface area contributed by atoms with Crippen LogP contribution in [0.15, 0.2) is 18.2 Å². The Labute approximate surface area is 108 Å². The van der Waals surface area contributed by atoms with E-state index in [-0.39, 0.29) is 5.38 Å². The highest BCUT2D eigenvalue weighted by Crippen LogP contribution is 2.26. The Bertz CT molecular complexity index is 337. The van der Waals surface area contributed by atoms with E-state index in [1.165, 1.54) is 5.56 Å². The summed E-state index contributed by atoms with van der Waals surface area (Å²) in [5.74, 6) is 1.24. The van der Waals surface area contributed by atoms with Crippen LogP contribution in [-0.4, -0.2) is 12.5 Å². The smallest absolute Gasteiger partial charge is 0.137 e. The molecule has 1 unspecified atom stereocenters. The molecule has 0 aromatic heterocycles. The van der Waals surface area contributed by atoms with E-state index < -0.39 is 0 Å². The fourth-order valence-corrected chi connectivity index (χ4v) is 1.80. The number of ether oxygens (including phenoxy) is 1. The molecule has 0 aliphatic carbocycles. The van der Waals surface area contributed by atoms with Crippen molar-refractivity contribution >= 4 is 23.2 Å². The van der Waals surface area contributed by atoms with Gasteiger partial charge < -0.3 is 4.74 Å². The zero-order valence-corrected chi connectivity index (χ0v) is 11.5. The first-order valence-corrected chi connectivity index (χ1v) is 6.32. The quantitative estimate of drug-likeness (QED) is 0.707. The highest BCUT2D eigenvalue weighted by molar-refractivity contribution is 6.32. The zero-order chi connectivity index (χ0) is 12.1. The first kappa shape index (κ1) is 13.7. The maximum atomic E-state index is 6.21. The average molecular weight is 261 g/mol. The lowest BCUT2D eigenvalue weighted by Crippen LogP contribution is -2.08. The molecule has 0 fully saturated rings. The summed E-state index contributed by atoms with van der Waals surface area (Å²) in [5, 5.41) is 0.874. The monoisotopic (exact) mass is 260 g/mol. The largest absolute Gasteiger partial charge is 0.495 e. The van der Waals surface area contributed by atoms with Gasteiger partial charge in [-0.2, -0.15) is 0 Å². The van der Waals surface area contributed by atoms with E-state index in [0.717, 1.165) is 18.6 Å². The molecule has 0 radical (unpaired) electrons. The molecule has 1 aromatic carbocycles. The molecule has 0 spiro atoms. The van der Waals surface area contributed by atoms with E-state index in [2.05, 4.69) is 13.8 Å². The number of aryl methyl sites for hydroxylation is 1. The summed E-state index contributed by atoms with van der Waals surface area (Å²) in [4.78, 5) is 0. The molecule has 0 heterocycles. The Hall–Kier alpha value is -0.400. The molecule has 0 saturated heterocycles. The summed E-state index contributed by atoms with van der Waals surface area (Å²) in [6, 6.07) is 5.87. The third kappa shape index (κ3) is 3.88.